The summed E-state index contributed by atoms with van der Waals surface area (Å²) in [6.45, 7) is 6.74. The Hall–Kier alpha value is -1.40. The van der Waals surface area contributed by atoms with E-state index in [0.717, 1.165) is 11.1 Å². The zero-order valence-electron chi connectivity index (χ0n) is 16.2. The Morgan fingerprint density at radius 1 is 1.15 bits per heavy atom. The van der Waals surface area contributed by atoms with Gasteiger partial charge in [0.25, 0.3) is 0 Å². The van der Waals surface area contributed by atoms with Crippen LogP contribution in [0, 0.1) is 25.7 Å². The lowest BCUT2D eigenvalue weighted by molar-refractivity contribution is -0.137. The fourth-order valence-corrected chi connectivity index (χ4v) is 5.63. The van der Waals surface area contributed by atoms with Crippen molar-refractivity contribution in [2.24, 2.45) is 11.8 Å². The third kappa shape index (κ3) is 3.81. The van der Waals surface area contributed by atoms with Gasteiger partial charge in [-0.3, -0.25) is 4.79 Å². The van der Waals surface area contributed by atoms with Crippen LogP contribution in [0.15, 0.2) is 23.1 Å². The molecule has 1 aromatic rings. The number of nitrogens with zero attached hydrogens (tertiary/aromatic N) is 2. The smallest absolute Gasteiger partial charge is 0.243 e. The molecule has 1 saturated heterocycles. The van der Waals surface area contributed by atoms with Crippen molar-refractivity contribution < 1.29 is 13.2 Å². The summed E-state index contributed by atoms with van der Waals surface area (Å²) in [5.41, 5.74) is 1.83. The number of sulfonamides is 1. The maximum Gasteiger partial charge on any atom is 0.243 e. The Labute approximate surface area is 157 Å². The van der Waals surface area contributed by atoms with Crippen LogP contribution >= 0.6 is 0 Å². The van der Waals surface area contributed by atoms with Crippen LogP contribution in [-0.4, -0.2) is 49.7 Å². The van der Waals surface area contributed by atoms with E-state index < -0.39 is 10.0 Å². The minimum atomic E-state index is -3.49. The van der Waals surface area contributed by atoms with Crippen LogP contribution in [-0.2, 0) is 14.8 Å². The predicted octanol–water partition coefficient (Wildman–Crippen LogP) is 2.96. The van der Waals surface area contributed by atoms with Gasteiger partial charge in [-0.05, 0) is 64.0 Å². The zero-order valence-corrected chi connectivity index (χ0v) is 17.1. The van der Waals surface area contributed by atoms with Gasteiger partial charge in [0.1, 0.15) is 0 Å². The van der Waals surface area contributed by atoms with E-state index >= 15 is 0 Å². The molecule has 1 heterocycles. The fourth-order valence-electron chi connectivity index (χ4n) is 3.95. The molecule has 1 unspecified atom stereocenters. The molecule has 0 N–H and O–H groups in total. The summed E-state index contributed by atoms with van der Waals surface area (Å²) >= 11 is 0. The number of rotatable bonds is 5. The Morgan fingerprint density at radius 3 is 2.31 bits per heavy atom. The van der Waals surface area contributed by atoms with E-state index in [4.69, 9.17) is 0 Å². The molecule has 1 saturated carbocycles. The van der Waals surface area contributed by atoms with Crippen LogP contribution in [0.25, 0.3) is 0 Å². The predicted molar refractivity (Wildman–Crippen MR) is 102 cm³/mol. The van der Waals surface area contributed by atoms with Crippen molar-refractivity contribution in [3.63, 3.8) is 0 Å². The molecule has 1 atom stereocenters. The van der Waals surface area contributed by atoms with E-state index in [9.17, 15) is 13.2 Å². The third-order valence-electron chi connectivity index (χ3n) is 6.01. The Kier molecular flexibility index (Phi) is 5.45. The lowest BCUT2D eigenvalue weighted by atomic mass is 9.96. The van der Waals surface area contributed by atoms with Crippen molar-refractivity contribution in [3.05, 3.63) is 29.3 Å². The Morgan fingerprint density at radius 2 is 1.77 bits per heavy atom. The lowest BCUT2D eigenvalue weighted by Crippen LogP contribution is -2.46. The van der Waals surface area contributed by atoms with Gasteiger partial charge in [0.05, 0.1) is 4.90 Å². The van der Waals surface area contributed by atoms with E-state index in [1.54, 1.807) is 10.4 Å². The zero-order chi connectivity index (χ0) is 19.1. The standard InChI is InChI=1S/C20H30N2O3S/c1-14-5-8-19(15(2)13-14)26(24,25)22-11-9-18(10-12-22)20(23)21(4)16(3)17-6-7-17/h5,8,13,16-18H,6-7,9-12H2,1-4H3. The molecule has 144 valence electrons. The number of benzene rings is 1. The summed E-state index contributed by atoms with van der Waals surface area (Å²) in [6, 6.07) is 5.73. The molecular formula is C20H30N2O3S. The van der Waals surface area contributed by atoms with Gasteiger partial charge < -0.3 is 4.90 Å². The Balaban J connectivity index is 1.65. The normalized spacial score (nSPS) is 20.8. The summed E-state index contributed by atoms with van der Waals surface area (Å²) in [6.07, 6.45) is 3.63. The molecule has 1 aromatic carbocycles. The van der Waals surface area contributed by atoms with Gasteiger partial charge in [-0.2, -0.15) is 4.31 Å². The highest BCUT2D eigenvalue weighted by molar-refractivity contribution is 7.89. The highest BCUT2D eigenvalue weighted by Gasteiger charge is 2.37. The van der Waals surface area contributed by atoms with Gasteiger partial charge in [0.15, 0.2) is 0 Å². The molecule has 3 rings (SSSR count). The minimum absolute atomic E-state index is 0.0632. The first-order valence-electron chi connectivity index (χ1n) is 9.56. The van der Waals surface area contributed by atoms with Crippen LogP contribution in [0.5, 0.6) is 0 Å². The quantitative estimate of drug-likeness (QED) is 0.791. The third-order valence-corrected chi connectivity index (χ3v) is 8.07. The molecular weight excluding hydrogens is 348 g/mol. The molecule has 5 nitrogen and oxygen atoms in total. The molecule has 0 bridgehead atoms. The molecule has 26 heavy (non-hydrogen) atoms. The van der Waals surface area contributed by atoms with Crippen LogP contribution in [0.3, 0.4) is 0 Å². The number of amides is 1. The maximum atomic E-state index is 13.0. The number of piperidine rings is 1. The molecule has 0 spiro atoms. The molecule has 6 heteroatoms. The molecule has 2 aliphatic rings. The molecule has 0 aromatic heterocycles. The molecule has 2 fully saturated rings. The minimum Gasteiger partial charge on any atom is -0.343 e. The van der Waals surface area contributed by atoms with Crippen molar-refractivity contribution >= 4 is 15.9 Å². The van der Waals surface area contributed by atoms with Crippen LogP contribution in [0.2, 0.25) is 0 Å². The summed E-state index contributed by atoms with van der Waals surface area (Å²) in [5, 5.41) is 0. The van der Waals surface area contributed by atoms with Crippen molar-refractivity contribution in [1.29, 1.82) is 0 Å². The summed E-state index contributed by atoms with van der Waals surface area (Å²) < 4.78 is 27.5. The van der Waals surface area contributed by atoms with E-state index in [2.05, 4.69) is 6.92 Å². The molecule has 1 aliphatic heterocycles. The molecule has 0 radical (unpaired) electrons. The van der Waals surface area contributed by atoms with Crippen LogP contribution in [0.4, 0.5) is 0 Å². The van der Waals surface area contributed by atoms with E-state index in [0.29, 0.717) is 42.8 Å². The van der Waals surface area contributed by atoms with Crippen molar-refractivity contribution in [2.45, 2.75) is 57.4 Å². The van der Waals surface area contributed by atoms with Crippen molar-refractivity contribution in [2.75, 3.05) is 20.1 Å². The van der Waals surface area contributed by atoms with Gasteiger partial charge in [0, 0.05) is 32.1 Å². The summed E-state index contributed by atoms with van der Waals surface area (Å²) in [7, 11) is -1.60. The maximum absolute atomic E-state index is 13.0. The number of carbonyl (C=O) groups excluding carboxylic acids is 1. The average molecular weight is 379 g/mol. The van der Waals surface area contributed by atoms with Crippen molar-refractivity contribution in [1.82, 2.24) is 9.21 Å². The first-order valence-corrected chi connectivity index (χ1v) is 11.0. The second-order valence-electron chi connectivity index (χ2n) is 7.97. The second kappa shape index (κ2) is 7.31. The first-order chi connectivity index (χ1) is 12.2. The number of carbonyl (C=O) groups is 1. The summed E-state index contributed by atoms with van der Waals surface area (Å²) in [5.74, 6) is 0.758. The van der Waals surface area contributed by atoms with Gasteiger partial charge in [-0.15, -0.1) is 0 Å². The second-order valence-corrected chi connectivity index (χ2v) is 9.88. The largest absolute Gasteiger partial charge is 0.343 e. The fraction of sp³-hybridized carbons (Fsp3) is 0.650. The summed E-state index contributed by atoms with van der Waals surface area (Å²) in [4.78, 5) is 15.0. The van der Waals surface area contributed by atoms with Crippen LogP contribution < -0.4 is 0 Å². The molecule has 1 aliphatic carbocycles. The van der Waals surface area contributed by atoms with Crippen molar-refractivity contribution in [3.8, 4) is 0 Å². The molecule has 1 amide bonds. The van der Waals surface area contributed by atoms with Gasteiger partial charge >= 0.3 is 0 Å². The van der Waals surface area contributed by atoms with Gasteiger partial charge in [-0.25, -0.2) is 8.42 Å². The Bertz CT molecular complexity index is 778. The van der Waals surface area contributed by atoms with E-state index in [1.807, 2.05) is 37.9 Å². The monoisotopic (exact) mass is 378 g/mol. The lowest BCUT2D eigenvalue weighted by Gasteiger charge is -2.34. The number of aryl methyl sites for hydroxylation is 2. The first kappa shape index (κ1) is 19.4. The highest BCUT2D eigenvalue weighted by atomic mass is 32.2. The van der Waals surface area contributed by atoms with Crippen LogP contribution in [0.1, 0.15) is 43.7 Å². The number of hydrogen-bond donors (Lipinski definition) is 0. The van der Waals surface area contributed by atoms with Gasteiger partial charge in [-0.1, -0.05) is 17.7 Å². The van der Waals surface area contributed by atoms with E-state index in [-0.39, 0.29) is 11.8 Å². The van der Waals surface area contributed by atoms with E-state index in [1.165, 1.54) is 12.8 Å². The highest BCUT2D eigenvalue weighted by Crippen LogP contribution is 2.36. The van der Waals surface area contributed by atoms with Gasteiger partial charge in [0.2, 0.25) is 15.9 Å². The SMILES string of the molecule is Cc1ccc(S(=O)(=O)N2CCC(C(=O)N(C)C(C)C3CC3)CC2)c(C)c1. The average Bonchev–Trinajstić information content (AvgIpc) is 3.44. The topological polar surface area (TPSA) is 57.7 Å². The number of hydrogen-bond acceptors (Lipinski definition) is 3.